The highest BCUT2D eigenvalue weighted by Crippen LogP contribution is 2.33. The minimum atomic E-state index is -0.168. The number of aromatic nitrogens is 4. The highest BCUT2D eigenvalue weighted by atomic mass is 16.5. The van der Waals surface area contributed by atoms with Crippen molar-refractivity contribution in [1.82, 2.24) is 24.8 Å². The van der Waals surface area contributed by atoms with Gasteiger partial charge in [-0.1, -0.05) is 6.42 Å². The first-order chi connectivity index (χ1) is 15.6. The molecule has 1 saturated heterocycles. The summed E-state index contributed by atoms with van der Waals surface area (Å²) in [5.74, 6) is 1.23. The van der Waals surface area contributed by atoms with Crippen LogP contribution in [0.15, 0.2) is 42.9 Å². The lowest BCUT2D eigenvalue weighted by atomic mass is 9.89. The van der Waals surface area contributed by atoms with E-state index in [1.165, 1.54) is 12.8 Å². The molecule has 1 atom stereocenters. The Labute approximate surface area is 189 Å². The number of hydrogen-bond acceptors (Lipinski definition) is 7. The second-order valence-electron chi connectivity index (χ2n) is 8.51. The maximum absolute atomic E-state index is 12.1. The van der Waals surface area contributed by atoms with Gasteiger partial charge in [0.15, 0.2) is 5.65 Å². The Kier molecular flexibility index (Phi) is 7.37. The van der Waals surface area contributed by atoms with Crippen molar-refractivity contribution in [1.29, 1.82) is 0 Å². The Hall–Kier alpha value is -2.93. The number of unbranched alkanes of at least 4 members (excludes halogenated alkanes) is 1. The topological polar surface area (TPSA) is 81.1 Å². The maximum atomic E-state index is 12.1. The van der Waals surface area contributed by atoms with Crippen molar-refractivity contribution in [2.75, 3.05) is 19.7 Å². The molecule has 1 aliphatic rings. The third-order valence-electron chi connectivity index (χ3n) is 6.09. The van der Waals surface area contributed by atoms with Crippen molar-refractivity contribution in [3.63, 3.8) is 0 Å². The van der Waals surface area contributed by atoms with Crippen LogP contribution in [-0.4, -0.2) is 50.5 Å². The van der Waals surface area contributed by atoms with Crippen molar-refractivity contribution < 1.29 is 9.53 Å². The molecule has 0 aliphatic carbocycles. The molecule has 0 radical (unpaired) electrons. The van der Waals surface area contributed by atoms with E-state index in [4.69, 9.17) is 4.74 Å². The number of ether oxygens (including phenoxy) is 1. The van der Waals surface area contributed by atoms with Crippen LogP contribution in [-0.2, 0) is 16.0 Å². The molecule has 0 spiro atoms. The number of likely N-dealkylation sites (tertiary alicyclic amines) is 1. The first-order valence-electron chi connectivity index (χ1n) is 11.5. The van der Waals surface area contributed by atoms with Crippen molar-refractivity contribution in [2.24, 2.45) is 5.92 Å². The van der Waals surface area contributed by atoms with E-state index in [1.807, 2.05) is 38.4 Å². The number of pyridine rings is 2. The molecule has 3 aromatic rings. The van der Waals surface area contributed by atoms with Crippen LogP contribution in [0.25, 0.3) is 11.0 Å². The lowest BCUT2D eigenvalue weighted by Gasteiger charge is -2.44. The molecule has 4 rings (SSSR count). The van der Waals surface area contributed by atoms with Gasteiger partial charge in [-0.3, -0.25) is 9.69 Å². The summed E-state index contributed by atoms with van der Waals surface area (Å²) in [4.78, 5) is 32.2. The van der Waals surface area contributed by atoms with Crippen LogP contribution in [0, 0.1) is 12.8 Å². The maximum Gasteiger partial charge on any atom is 0.307 e. The van der Waals surface area contributed by atoms with Gasteiger partial charge >= 0.3 is 5.97 Å². The third-order valence-corrected chi connectivity index (χ3v) is 6.09. The first-order valence-corrected chi connectivity index (χ1v) is 11.5. The fraction of sp³-hybridized carbons (Fsp3) is 0.480. The van der Waals surface area contributed by atoms with Gasteiger partial charge in [-0.2, -0.15) is 0 Å². The van der Waals surface area contributed by atoms with Gasteiger partial charge in [0, 0.05) is 54.4 Å². The van der Waals surface area contributed by atoms with E-state index in [2.05, 4.69) is 37.0 Å². The number of carbonyl (C=O) groups is 1. The smallest absolute Gasteiger partial charge is 0.307 e. The summed E-state index contributed by atoms with van der Waals surface area (Å²) in [6.45, 7) is 6.10. The zero-order chi connectivity index (χ0) is 22.3. The molecule has 0 unspecified atom stereocenters. The average molecular weight is 434 g/mol. The largest absolute Gasteiger partial charge is 0.466 e. The Morgan fingerprint density at radius 3 is 2.75 bits per heavy atom. The summed E-state index contributed by atoms with van der Waals surface area (Å²) in [6.07, 6.45) is 10.3. The van der Waals surface area contributed by atoms with Gasteiger partial charge < -0.3 is 4.74 Å². The Balaban J connectivity index is 1.24. The normalized spacial score (nSPS) is 15.4. The fourth-order valence-corrected chi connectivity index (χ4v) is 4.33. The van der Waals surface area contributed by atoms with E-state index in [9.17, 15) is 4.79 Å². The lowest BCUT2D eigenvalue weighted by Crippen LogP contribution is -2.49. The number of aryl methyl sites for hydroxylation is 2. The summed E-state index contributed by atoms with van der Waals surface area (Å²) in [5, 5.41) is 1.09. The SMILES string of the molecule is CCOC(=O)C[C@@H](c1cnc(C)nc1)N1CC(CCCCc2ccc3cccnc3n2)C1. The molecular formula is C25H31N5O2. The number of nitrogens with zero attached hydrogens (tertiary/aromatic N) is 5. The summed E-state index contributed by atoms with van der Waals surface area (Å²) in [7, 11) is 0. The Morgan fingerprint density at radius 2 is 1.97 bits per heavy atom. The van der Waals surface area contributed by atoms with Gasteiger partial charge in [0.05, 0.1) is 13.0 Å². The summed E-state index contributed by atoms with van der Waals surface area (Å²) in [6, 6.07) is 8.18. The minimum Gasteiger partial charge on any atom is -0.466 e. The second-order valence-corrected chi connectivity index (χ2v) is 8.51. The molecule has 0 aromatic carbocycles. The molecule has 32 heavy (non-hydrogen) atoms. The van der Waals surface area contributed by atoms with E-state index in [1.54, 1.807) is 6.20 Å². The van der Waals surface area contributed by atoms with Crippen LogP contribution < -0.4 is 0 Å². The zero-order valence-electron chi connectivity index (χ0n) is 18.9. The average Bonchev–Trinajstić information content (AvgIpc) is 2.77. The predicted molar refractivity (Wildman–Crippen MR) is 123 cm³/mol. The van der Waals surface area contributed by atoms with Gasteiger partial charge in [0.25, 0.3) is 0 Å². The highest BCUT2D eigenvalue weighted by Gasteiger charge is 2.34. The first kappa shape index (κ1) is 22.3. The minimum absolute atomic E-state index is 0.0137. The van der Waals surface area contributed by atoms with Crippen molar-refractivity contribution in [3.8, 4) is 0 Å². The van der Waals surface area contributed by atoms with Crippen LogP contribution >= 0.6 is 0 Å². The van der Waals surface area contributed by atoms with Gasteiger partial charge in [0.1, 0.15) is 5.82 Å². The third kappa shape index (κ3) is 5.65. The van der Waals surface area contributed by atoms with Crippen LogP contribution in [0.3, 0.4) is 0 Å². The van der Waals surface area contributed by atoms with E-state index in [-0.39, 0.29) is 12.0 Å². The number of carbonyl (C=O) groups excluding carboxylic acids is 1. The van der Waals surface area contributed by atoms with Crippen LogP contribution in [0.2, 0.25) is 0 Å². The van der Waals surface area contributed by atoms with Crippen LogP contribution in [0.4, 0.5) is 0 Å². The molecule has 7 heteroatoms. The summed E-state index contributed by atoms with van der Waals surface area (Å²) < 4.78 is 5.19. The molecule has 3 aromatic heterocycles. The molecule has 4 heterocycles. The number of hydrogen-bond donors (Lipinski definition) is 0. The summed E-state index contributed by atoms with van der Waals surface area (Å²) >= 11 is 0. The molecule has 0 bridgehead atoms. The zero-order valence-corrected chi connectivity index (χ0v) is 18.9. The molecule has 1 aliphatic heterocycles. The predicted octanol–water partition coefficient (Wildman–Crippen LogP) is 4.07. The molecular weight excluding hydrogens is 402 g/mol. The molecule has 0 N–H and O–H groups in total. The molecule has 168 valence electrons. The number of fused-ring (bicyclic) bond motifs is 1. The van der Waals surface area contributed by atoms with E-state index in [0.29, 0.717) is 18.9 Å². The number of rotatable bonds is 10. The fourth-order valence-electron chi connectivity index (χ4n) is 4.33. The van der Waals surface area contributed by atoms with Crippen molar-refractivity contribution in [2.45, 2.75) is 52.0 Å². The Bertz CT molecular complexity index is 1030. The highest BCUT2D eigenvalue weighted by molar-refractivity contribution is 5.74. The number of esters is 1. The van der Waals surface area contributed by atoms with E-state index in [0.717, 1.165) is 54.0 Å². The van der Waals surface area contributed by atoms with Gasteiger partial charge in [-0.15, -0.1) is 0 Å². The van der Waals surface area contributed by atoms with Gasteiger partial charge in [0.2, 0.25) is 0 Å². The second kappa shape index (κ2) is 10.6. The standard InChI is InChI=1S/C25H31N5O2/c1-3-32-24(31)13-23(21-14-27-18(2)28-15-21)30-16-19(17-30)7-4-5-9-22-11-10-20-8-6-12-26-25(20)29-22/h6,8,10-12,14-15,19,23H,3-5,7,9,13,16-17H2,1-2H3/t23-/m0/s1. The quantitative estimate of drug-likeness (QED) is 0.352. The van der Waals surface area contributed by atoms with E-state index >= 15 is 0 Å². The summed E-state index contributed by atoms with van der Waals surface area (Å²) in [5.41, 5.74) is 2.92. The molecule has 7 nitrogen and oxygen atoms in total. The van der Waals surface area contributed by atoms with Crippen molar-refractivity contribution in [3.05, 3.63) is 59.9 Å². The van der Waals surface area contributed by atoms with Gasteiger partial charge in [-0.05, 0) is 63.3 Å². The molecule has 1 fully saturated rings. The Morgan fingerprint density at radius 1 is 1.16 bits per heavy atom. The van der Waals surface area contributed by atoms with E-state index < -0.39 is 0 Å². The van der Waals surface area contributed by atoms with Crippen LogP contribution in [0.1, 0.15) is 55.7 Å². The van der Waals surface area contributed by atoms with Crippen LogP contribution in [0.5, 0.6) is 0 Å². The lowest BCUT2D eigenvalue weighted by molar-refractivity contribution is -0.145. The van der Waals surface area contributed by atoms with Gasteiger partial charge in [-0.25, -0.2) is 19.9 Å². The molecule has 0 saturated carbocycles. The monoisotopic (exact) mass is 433 g/mol. The van der Waals surface area contributed by atoms with Crippen molar-refractivity contribution >= 4 is 17.0 Å². The molecule has 0 amide bonds.